The minimum absolute atomic E-state index is 0.206. The van der Waals surface area contributed by atoms with E-state index in [2.05, 4.69) is 20.8 Å². The number of nitrogens with one attached hydrogen (secondary N) is 2. The molecule has 0 saturated carbocycles. The van der Waals surface area contributed by atoms with Gasteiger partial charge in [0, 0.05) is 11.1 Å². The third-order valence-corrected chi connectivity index (χ3v) is 4.54. The molecule has 0 bridgehead atoms. The Balaban J connectivity index is 1.53. The molecule has 0 radical (unpaired) electrons. The summed E-state index contributed by atoms with van der Waals surface area (Å²) >= 11 is 6.34. The fourth-order valence-electron chi connectivity index (χ4n) is 2.85. The normalized spacial score (nSPS) is 10.7. The Labute approximate surface area is 170 Å². The maximum absolute atomic E-state index is 13.3. The average molecular weight is 411 g/mol. The monoisotopic (exact) mass is 410 g/mol. The molecule has 0 saturated heterocycles. The van der Waals surface area contributed by atoms with Gasteiger partial charge in [-0.3, -0.25) is 10.7 Å². The second-order valence-corrected chi connectivity index (χ2v) is 6.66. The molecule has 0 aliphatic carbocycles. The predicted molar refractivity (Wildman–Crippen MR) is 110 cm³/mol. The highest BCUT2D eigenvalue weighted by Crippen LogP contribution is 2.31. The first-order chi connectivity index (χ1) is 14.1. The second-order valence-electron chi connectivity index (χ2n) is 6.25. The molecule has 0 unspecified atom stereocenters. The number of hydrogen-bond acceptors (Lipinski definition) is 6. The van der Waals surface area contributed by atoms with Gasteiger partial charge in [0.1, 0.15) is 30.3 Å². The third-order valence-electron chi connectivity index (χ3n) is 4.24. The number of aromatic nitrogens is 2. The van der Waals surface area contributed by atoms with Gasteiger partial charge in [-0.2, -0.15) is 0 Å². The highest BCUT2D eigenvalue weighted by molar-refractivity contribution is 6.32. The van der Waals surface area contributed by atoms with E-state index >= 15 is 0 Å². The summed E-state index contributed by atoms with van der Waals surface area (Å²) < 4.78 is 19.0. The van der Waals surface area contributed by atoms with Crippen LogP contribution in [0.2, 0.25) is 5.02 Å². The number of nitrogens with zero attached hydrogens (tertiary/aromatic N) is 2. The van der Waals surface area contributed by atoms with Gasteiger partial charge in [0.25, 0.3) is 0 Å². The minimum atomic E-state index is -0.312. The minimum Gasteiger partial charge on any atom is -0.487 e. The second kappa shape index (κ2) is 8.30. The maximum Gasteiger partial charge on any atom is 0.141 e. The van der Waals surface area contributed by atoms with Crippen molar-refractivity contribution in [3.63, 3.8) is 0 Å². The van der Waals surface area contributed by atoms with Crippen LogP contribution >= 0.6 is 11.6 Å². The number of anilines is 3. The largest absolute Gasteiger partial charge is 0.487 e. The van der Waals surface area contributed by atoms with Gasteiger partial charge in [-0.05, 0) is 54.1 Å². The number of halogens is 2. The zero-order valence-corrected chi connectivity index (χ0v) is 15.8. The lowest BCUT2D eigenvalue weighted by Gasteiger charge is -2.12. The highest BCUT2D eigenvalue weighted by atomic mass is 35.5. The van der Waals surface area contributed by atoms with Crippen molar-refractivity contribution in [1.82, 2.24) is 9.97 Å². The quantitative estimate of drug-likeness (QED) is 0.362. The van der Waals surface area contributed by atoms with Crippen molar-refractivity contribution in [2.75, 3.05) is 10.8 Å². The van der Waals surface area contributed by atoms with E-state index in [0.29, 0.717) is 33.5 Å². The van der Waals surface area contributed by atoms with Crippen LogP contribution in [0.3, 0.4) is 0 Å². The van der Waals surface area contributed by atoms with Gasteiger partial charge in [-0.25, -0.2) is 14.4 Å². The standard InChI is InChI=1S/C21H16ClFN4O2/c22-18-10-15(5-7-20(18)29-11-13-2-1-3-14(23)8-13)26-21-17-9-16(27-28)4-6-19(17)24-12-25-21/h1-10,12,27-28H,11H2,(H,24,25,26). The van der Waals surface area contributed by atoms with Gasteiger partial charge in [0.05, 0.1) is 16.2 Å². The molecular formula is C21H16ClFN4O2. The van der Waals surface area contributed by atoms with Crippen LogP contribution in [0.5, 0.6) is 5.75 Å². The van der Waals surface area contributed by atoms with E-state index in [4.69, 9.17) is 21.5 Å². The van der Waals surface area contributed by atoms with E-state index in [9.17, 15) is 4.39 Å². The van der Waals surface area contributed by atoms with Crippen LogP contribution in [0.15, 0.2) is 67.0 Å². The van der Waals surface area contributed by atoms with E-state index in [1.54, 1.807) is 48.5 Å². The number of fused-ring (bicyclic) bond motifs is 1. The van der Waals surface area contributed by atoms with Crippen molar-refractivity contribution in [2.45, 2.75) is 6.61 Å². The topological polar surface area (TPSA) is 79.3 Å². The Hall–Kier alpha value is -3.42. The number of hydrogen-bond donors (Lipinski definition) is 3. The summed E-state index contributed by atoms with van der Waals surface area (Å²) in [5.41, 5.74) is 4.78. The molecule has 3 N–H and O–H groups in total. The summed E-state index contributed by atoms with van der Waals surface area (Å²) in [4.78, 5) is 8.49. The molecule has 0 amide bonds. The van der Waals surface area contributed by atoms with Crippen LogP contribution in [0.1, 0.15) is 5.56 Å². The zero-order chi connectivity index (χ0) is 20.2. The Morgan fingerprint density at radius 1 is 1.00 bits per heavy atom. The molecule has 146 valence electrons. The number of ether oxygens (including phenoxy) is 1. The summed E-state index contributed by atoms with van der Waals surface area (Å²) in [6.07, 6.45) is 1.45. The van der Waals surface area contributed by atoms with Gasteiger partial charge in [-0.15, -0.1) is 0 Å². The van der Waals surface area contributed by atoms with Crippen molar-refractivity contribution < 1.29 is 14.3 Å². The molecule has 0 aliphatic heterocycles. The van der Waals surface area contributed by atoms with Crippen LogP contribution in [0, 0.1) is 5.82 Å². The van der Waals surface area contributed by atoms with Gasteiger partial charge in [0.2, 0.25) is 0 Å². The van der Waals surface area contributed by atoms with Crippen LogP contribution in [-0.4, -0.2) is 15.2 Å². The molecule has 6 nitrogen and oxygen atoms in total. The van der Waals surface area contributed by atoms with Gasteiger partial charge in [-0.1, -0.05) is 23.7 Å². The molecule has 3 aromatic carbocycles. The number of rotatable bonds is 6. The van der Waals surface area contributed by atoms with Gasteiger partial charge < -0.3 is 10.1 Å². The van der Waals surface area contributed by atoms with Crippen molar-refractivity contribution >= 4 is 39.7 Å². The summed E-state index contributed by atoms with van der Waals surface area (Å²) in [6.45, 7) is 0.206. The Kier molecular flexibility index (Phi) is 5.41. The van der Waals surface area contributed by atoms with Gasteiger partial charge >= 0.3 is 0 Å². The summed E-state index contributed by atoms with van der Waals surface area (Å²) in [6, 6.07) is 16.7. The molecule has 8 heteroatoms. The molecule has 29 heavy (non-hydrogen) atoms. The lowest BCUT2D eigenvalue weighted by Crippen LogP contribution is -1.99. The lowest BCUT2D eigenvalue weighted by molar-refractivity contribution is 0.306. The van der Waals surface area contributed by atoms with Crippen LogP contribution in [0.25, 0.3) is 10.9 Å². The molecule has 4 rings (SSSR count). The van der Waals surface area contributed by atoms with E-state index in [1.165, 1.54) is 18.5 Å². The third kappa shape index (κ3) is 4.37. The van der Waals surface area contributed by atoms with E-state index in [1.807, 2.05) is 0 Å². The predicted octanol–water partition coefficient (Wildman–Crippen LogP) is 5.55. The average Bonchev–Trinajstić information content (AvgIpc) is 2.73. The first kappa shape index (κ1) is 18.9. The lowest BCUT2D eigenvalue weighted by atomic mass is 10.2. The molecule has 1 heterocycles. The first-order valence-electron chi connectivity index (χ1n) is 8.71. The molecule has 4 aromatic rings. The highest BCUT2D eigenvalue weighted by Gasteiger charge is 2.08. The van der Waals surface area contributed by atoms with Crippen LogP contribution in [0.4, 0.5) is 21.6 Å². The van der Waals surface area contributed by atoms with Crippen molar-refractivity contribution in [1.29, 1.82) is 0 Å². The Morgan fingerprint density at radius 2 is 1.86 bits per heavy atom. The van der Waals surface area contributed by atoms with Crippen molar-refractivity contribution in [3.05, 3.63) is 83.4 Å². The Morgan fingerprint density at radius 3 is 2.66 bits per heavy atom. The van der Waals surface area contributed by atoms with E-state index < -0.39 is 0 Å². The first-order valence-corrected chi connectivity index (χ1v) is 9.09. The summed E-state index contributed by atoms with van der Waals surface area (Å²) in [7, 11) is 0. The van der Waals surface area contributed by atoms with Crippen LogP contribution in [-0.2, 0) is 6.61 Å². The van der Waals surface area contributed by atoms with E-state index in [0.717, 1.165) is 10.9 Å². The van der Waals surface area contributed by atoms with Crippen molar-refractivity contribution in [2.24, 2.45) is 0 Å². The van der Waals surface area contributed by atoms with E-state index in [-0.39, 0.29) is 12.4 Å². The van der Waals surface area contributed by atoms with Gasteiger partial charge in [0.15, 0.2) is 0 Å². The summed E-state index contributed by atoms with van der Waals surface area (Å²) in [5, 5.41) is 13.5. The van der Waals surface area contributed by atoms with Crippen LogP contribution < -0.4 is 15.5 Å². The summed E-state index contributed by atoms with van der Waals surface area (Å²) in [5.74, 6) is 0.741. The Bertz CT molecular complexity index is 1170. The molecule has 0 atom stereocenters. The maximum atomic E-state index is 13.3. The molecule has 1 aromatic heterocycles. The smallest absolute Gasteiger partial charge is 0.141 e. The molecule has 0 fully saturated rings. The molecule has 0 aliphatic rings. The van der Waals surface area contributed by atoms with Crippen molar-refractivity contribution in [3.8, 4) is 5.75 Å². The fraction of sp³-hybridized carbons (Fsp3) is 0.0476. The fourth-order valence-corrected chi connectivity index (χ4v) is 3.08. The zero-order valence-electron chi connectivity index (χ0n) is 15.1. The SMILES string of the molecule is ONc1ccc2ncnc(Nc3ccc(OCc4cccc(F)c4)c(Cl)c3)c2c1. The molecular weight excluding hydrogens is 395 g/mol. The molecule has 0 spiro atoms. The number of benzene rings is 3.